The Morgan fingerprint density at radius 3 is 2.74 bits per heavy atom. The Hall–Kier alpha value is -2.84. The van der Waals surface area contributed by atoms with Gasteiger partial charge in [0.05, 0.1) is 17.5 Å². The first kappa shape index (κ1) is 29.2. The van der Waals surface area contributed by atoms with Crippen LogP contribution in [-0.4, -0.2) is 45.6 Å². The molecule has 42 heavy (non-hydrogen) atoms. The molecule has 6 rings (SSSR count). The Morgan fingerprint density at radius 2 is 1.98 bits per heavy atom. The van der Waals surface area contributed by atoms with Crippen LogP contribution in [0, 0.1) is 23.7 Å². The molecule has 6 atom stereocenters. The van der Waals surface area contributed by atoms with Crippen molar-refractivity contribution in [3.63, 3.8) is 0 Å². The lowest BCUT2D eigenvalue weighted by molar-refractivity contribution is -0.112. The van der Waals surface area contributed by atoms with E-state index in [-0.39, 0.29) is 28.7 Å². The molecule has 4 aliphatic rings. The highest BCUT2D eigenvalue weighted by Crippen LogP contribution is 2.47. The van der Waals surface area contributed by atoms with Crippen LogP contribution >= 0.6 is 11.6 Å². The van der Waals surface area contributed by atoms with E-state index in [1.165, 1.54) is 11.1 Å². The van der Waals surface area contributed by atoms with Crippen LogP contribution in [-0.2, 0) is 26.7 Å². The van der Waals surface area contributed by atoms with E-state index in [4.69, 9.17) is 16.3 Å². The maximum atomic E-state index is 13.3. The van der Waals surface area contributed by atoms with Crippen molar-refractivity contribution in [2.45, 2.75) is 63.0 Å². The van der Waals surface area contributed by atoms with Gasteiger partial charge >= 0.3 is 0 Å². The number of hydrogen-bond acceptors (Lipinski definition) is 6. The van der Waals surface area contributed by atoms with Gasteiger partial charge in [-0.05, 0) is 105 Å². The van der Waals surface area contributed by atoms with Crippen LogP contribution in [0.5, 0.6) is 5.75 Å². The molecular weight excluding hydrogens is 572 g/mol. The van der Waals surface area contributed by atoms with E-state index in [1.54, 1.807) is 25.1 Å². The van der Waals surface area contributed by atoms with E-state index in [0.717, 1.165) is 55.6 Å². The molecule has 2 bridgehead atoms. The van der Waals surface area contributed by atoms with Crippen LogP contribution in [0.25, 0.3) is 0 Å². The lowest BCUT2D eigenvalue weighted by Crippen LogP contribution is -2.49. The van der Waals surface area contributed by atoms with Gasteiger partial charge in [-0.2, -0.15) is 0 Å². The van der Waals surface area contributed by atoms with Gasteiger partial charge in [-0.3, -0.25) is 4.79 Å². The number of aryl methyl sites for hydroxylation is 1. The first-order valence-corrected chi connectivity index (χ1v) is 17.0. The second kappa shape index (κ2) is 11.3. The van der Waals surface area contributed by atoms with Gasteiger partial charge < -0.3 is 14.4 Å². The van der Waals surface area contributed by atoms with Crippen molar-refractivity contribution in [1.82, 2.24) is 4.72 Å². The smallest absolute Gasteiger partial charge is 0.264 e. The molecule has 1 N–H and O–H groups in total. The molecule has 0 radical (unpaired) electrons. The van der Waals surface area contributed by atoms with E-state index >= 15 is 0 Å². The number of aldehydes is 1. The zero-order chi connectivity index (χ0) is 29.6. The molecule has 2 heterocycles. The average Bonchev–Trinajstić information content (AvgIpc) is 3.10. The summed E-state index contributed by atoms with van der Waals surface area (Å²) in [7, 11) is -3.92. The molecule has 1 spiro atoms. The molecule has 2 aromatic carbocycles. The van der Waals surface area contributed by atoms with Crippen molar-refractivity contribution in [3.05, 3.63) is 70.3 Å². The first-order chi connectivity index (χ1) is 20.1. The Kier molecular flexibility index (Phi) is 7.90. The number of benzene rings is 2. The molecule has 224 valence electrons. The monoisotopic (exact) mass is 610 g/mol. The summed E-state index contributed by atoms with van der Waals surface area (Å²) in [6.07, 6.45) is 10.4. The number of sulfonamides is 1. The summed E-state index contributed by atoms with van der Waals surface area (Å²) in [4.78, 5) is 27.9. The normalized spacial score (nSPS) is 33.2. The summed E-state index contributed by atoms with van der Waals surface area (Å²) in [6.45, 7) is 5.39. The van der Waals surface area contributed by atoms with E-state index in [1.807, 2.05) is 25.1 Å². The number of nitrogens with one attached hydrogen (secondary N) is 1. The summed E-state index contributed by atoms with van der Waals surface area (Å²) in [5, 5.41) is -0.0567. The van der Waals surface area contributed by atoms with E-state index < -0.39 is 21.2 Å². The molecule has 7 nitrogen and oxygen atoms in total. The van der Waals surface area contributed by atoms with Gasteiger partial charge in [-0.1, -0.05) is 36.7 Å². The highest BCUT2D eigenvalue weighted by molar-refractivity contribution is 7.90. The van der Waals surface area contributed by atoms with Gasteiger partial charge in [0.25, 0.3) is 5.91 Å². The molecule has 1 fully saturated rings. The molecule has 2 aliphatic carbocycles. The molecule has 9 heteroatoms. The van der Waals surface area contributed by atoms with Gasteiger partial charge in [-0.25, -0.2) is 13.1 Å². The lowest BCUT2D eigenvalue weighted by Gasteiger charge is -2.45. The third kappa shape index (κ3) is 5.37. The highest BCUT2D eigenvalue weighted by Gasteiger charge is 2.44. The summed E-state index contributed by atoms with van der Waals surface area (Å²) in [6, 6.07) is 11.4. The average molecular weight is 611 g/mol. The lowest BCUT2D eigenvalue weighted by atomic mass is 9.66. The summed E-state index contributed by atoms with van der Waals surface area (Å²) >= 11 is 6.39. The molecule has 2 aliphatic heterocycles. The Bertz CT molecular complexity index is 1520. The second-order valence-electron chi connectivity index (χ2n) is 12.8. The van der Waals surface area contributed by atoms with Gasteiger partial charge in [0.1, 0.15) is 12.0 Å². The molecule has 1 saturated carbocycles. The minimum absolute atomic E-state index is 0.212. The Morgan fingerprint density at radius 1 is 1.14 bits per heavy atom. The number of carbonyl (C=O) groups excluding carboxylic acids is 2. The predicted octanol–water partition coefficient (Wildman–Crippen LogP) is 5.70. The molecule has 0 saturated heterocycles. The highest BCUT2D eigenvalue weighted by atomic mass is 35.5. The number of fused-ring (bicyclic) bond motifs is 4. The summed E-state index contributed by atoms with van der Waals surface area (Å²) in [5.41, 5.74) is 3.30. The molecule has 1 amide bonds. The molecule has 2 aromatic rings. The number of halogens is 1. The minimum atomic E-state index is -3.92. The van der Waals surface area contributed by atoms with Crippen LogP contribution in [0.4, 0.5) is 5.69 Å². The quantitative estimate of drug-likeness (QED) is 0.329. The minimum Gasteiger partial charge on any atom is -0.490 e. The van der Waals surface area contributed by atoms with E-state index in [0.29, 0.717) is 31.2 Å². The number of allylic oxidation sites excluding steroid dienone is 2. The van der Waals surface area contributed by atoms with Crippen LogP contribution in [0.3, 0.4) is 0 Å². The topological polar surface area (TPSA) is 92.8 Å². The predicted molar refractivity (Wildman–Crippen MR) is 165 cm³/mol. The van der Waals surface area contributed by atoms with E-state index in [9.17, 15) is 18.0 Å². The third-order valence-corrected chi connectivity index (χ3v) is 12.4. The van der Waals surface area contributed by atoms with Crippen molar-refractivity contribution < 1.29 is 22.7 Å². The zero-order valence-electron chi connectivity index (χ0n) is 24.2. The SMILES string of the molecule is C[C@@H]1[C@@H](C)C/C=C/[C@H](C=O)[C@@H]2CC[C@H]2CN2C[C@@]3(CCCc4cc(Cl)ccc43)COc3ccc(cc32)C(=O)NS1(=O)=O. The van der Waals surface area contributed by atoms with Gasteiger partial charge in [0.15, 0.2) is 0 Å². The largest absolute Gasteiger partial charge is 0.490 e. The van der Waals surface area contributed by atoms with Crippen LogP contribution in [0.2, 0.25) is 5.02 Å². The maximum absolute atomic E-state index is 13.3. The van der Waals surface area contributed by atoms with Gasteiger partial charge in [0, 0.05) is 35.0 Å². The molecule has 0 unspecified atom stereocenters. The number of anilines is 1. The van der Waals surface area contributed by atoms with Crippen LogP contribution in [0.1, 0.15) is 67.4 Å². The second-order valence-corrected chi connectivity index (χ2v) is 15.3. The third-order valence-electron chi connectivity index (χ3n) is 10.3. The maximum Gasteiger partial charge on any atom is 0.264 e. The number of nitrogens with zero attached hydrogens (tertiary/aromatic N) is 1. The number of ether oxygens (including phenoxy) is 1. The van der Waals surface area contributed by atoms with Crippen molar-refractivity contribution >= 4 is 39.5 Å². The van der Waals surface area contributed by atoms with Crippen molar-refractivity contribution in [2.75, 3.05) is 24.6 Å². The van der Waals surface area contributed by atoms with E-state index in [2.05, 4.69) is 21.8 Å². The fourth-order valence-corrected chi connectivity index (χ4v) is 8.86. The van der Waals surface area contributed by atoms with Crippen molar-refractivity contribution in [3.8, 4) is 5.75 Å². The molecular formula is C33H39ClN2O5S. The first-order valence-electron chi connectivity index (χ1n) is 15.1. The van der Waals surface area contributed by atoms with Gasteiger partial charge in [-0.15, -0.1) is 0 Å². The van der Waals surface area contributed by atoms with Crippen molar-refractivity contribution in [2.24, 2.45) is 23.7 Å². The number of carbonyl (C=O) groups is 2. The van der Waals surface area contributed by atoms with Crippen LogP contribution in [0.15, 0.2) is 48.6 Å². The summed E-state index contributed by atoms with van der Waals surface area (Å²) in [5.74, 6) is 0.121. The molecule has 0 aromatic heterocycles. The number of hydrogen-bond donors (Lipinski definition) is 1. The van der Waals surface area contributed by atoms with Crippen molar-refractivity contribution in [1.29, 1.82) is 0 Å². The number of rotatable bonds is 1. The van der Waals surface area contributed by atoms with Crippen LogP contribution < -0.4 is 14.4 Å². The number of amides is 1. The fourth-order valence-electron chi connectivity index (χ4n) is 7.38. The summed E-state index contributed by atoms with van der Waals surface area (Å²) < 4.78 is 35.2. The fraction of sp³-hybridized carbons (Fsp3) is 0.515. The standard InChI is InChI=1S/C33H39ClN2O5S/c1-21-5-3-6-26(18-37)28-11-8-25(28)17-36-19-33(14-4-7-23-15-27(34)10-12-29(23)33)20-41-31-13-9-24(16-30(31)36)32(38)35-42(39,40)22(21)2/h3,6,9-10,12-13,15-16,18,21-22,25-26,28H,4-5,7-8,11,14,17,19-20H2,1-2H3,(H,35,38)/b6-3+/t21-,22+,25-,26+,28+,33-/m0/s1. The Balaban J connectivity index is 1.43. The zero-order valence-corrected chi connectivity index (χ0v) is 25.8. The van der Waals surface area contributed by atoms with Gasteiger partial charge in [0.2, 0.25) is 10.0 Å². The Labute approximate surface area is 253 Å².